The predicted molar refractivity (Wildman–Crippen MR) is 156 cm³/mol. The van der Waals surface area contributed by atoms with E-state index in [1.165, 1.54) is 6.33 Å². The molecule has 42 heavy (non-hydrogen) atoms. The number of fused-ring (bicyclic) bond motifs is 1. The van der Waals surface area contributed by atoms with Crippen molar-refractivity contribution < 1.29 is 14.4 Å². The van der Waals surface area contributed by atoms with E-state index in [0.29, 0.717) is 42.8 Å². The number of benzene rings is 2. The summed E-state index contributed by atoms with van der Waals surface area (Å²) in [5.41, 5.74) is 4.24. The number of nitrogens with one attached hydrogen (secondary N) is 1. The Labute approximate surface area is 241 Å². The van der Waals surface area contributed by atoms with Gasteiger partial charge in [0.1, 0.15) is 6.33 Å². The van der Waals surface area contributed by atoms with Gasteiger partial charge in [-0.15, -0.1) is 0 Å². The molecule has 1 saturated carbocycles. The lowest BCUT2D eigenvalue weighted by Crippen LogP contribution is -2.42. The van der Waals surface area contributed by atoms with Crippen LogP contribution in [-0.4, -0.2) is 52.7 Å². The van der Waals surface area contributed by atoms with Gasteiger partial charge in [0.2, 0.25) is 5.78 Å². The first-order valence-electron chi connectivity index (χ1n) is 14.3. The van der Waals surface area contributed by atoms with Crippen LogP contribution < -0.4 is 11.3 Å². The van der Waals surface area contributed by atoms with Crippen molar-refractivity contribution in [3.05, 3.63) is 92.6 Å². The molecule has 2 aromatic carbocycles. The van der Waals surface area contributed by atoms with E-state index in [1.807, 2.05) is 53.0 Å². The Hall–Kier alpha value is -4.35. The number of nitrogens with zero attached hydrogens (tertiary/aromatic N) is 5. The third-order valence-corrected chi connectivity index (χ3v) is 7.69. The van der Waals surface area contributed by atoms with Crippen LogP contribution >= 0.6 is 0 Å². The zero-order valence-corrected chi connectivity index (χ0v) is 23.9. The van der Waals surface area contributed by atoms with Gasteiger partial charge in [-0.3, -0.25) is 18.9 Å². The van der Waals surface area contributed by atoms with Gasteiger partial charge in [-0.05, 0) is 49.8 Å². The van der Waals surface area contributed by atoms with Crippen molar-refractivity contribution in [3.63, 3.8) is 0 Å². The van der Waals surface area contributed by atoms with Crippen molar-refractivity contribution in [3.8, 4) is 22.5 Å². The quantitative estimate of drug-likeness (QED) is 0.257. The second-order valence-corrected chi connectivity index (χ2v) is 11.6. The largest absolute Gasteiger partial charge is 0.439 e. The molecular formula is C31H34N6O5. The maximum Gasteiger partial charge on any atom is 0.439 e. The smallest absolute Gasteiger partial charge is 0.388 e. The van der Waals surface area contributed by atoms with Gasteiger partial charge in [0.05, 0.1) is 24.0 Å². The SMILES string of the molecule is CCCc1c(Cc2ccc(-c3ccccc3-c3noc(=O)[nH]3)cc2)c(=O)n(C2CC(OCC(C)(C)O)C2)c2ncnn12. The van der Waals surface area contributed by atoms with Crippen LogP contribution in [0.4, 0.5) is 0 Å². The Morgan fingerprint density at radius 2 is 1.83 bits per heavy atom. The second kappa shape index (κ2) is 11.1. The Bertz CT molecular complexity index is 1820. The van der Waals surface area contributed by atoms with E-state index in [2.05, 4.69) is 27.1 Å². The van der Waals surface area contributed by atoms with Crippen molar-refractivity contribution in [1.29, 1.82) is 0 Å². The molecule has 0 spiro atoms. The van der Waals surface area contributed by atoms with E-state index in [-0.39, 0.29) is 24.3 Å². The molecule has 0 unspecified atom stereocenters. The fourth-order valence-electron chi connectivity index (χ4n) is 5.58. The molecule has 11 heteroatoms. The van der Waals surface area contributed by atoms with Gasteiger partial charge >= 0.3 is 5.76 Å². The predicted octanol–water partition coefficient (Wildman–Crippen LogP) is 3.94. The third-order valence-electron chi connectivity index (χ3n) is 7.69. The summed E-state index contributed by atoms with van der Waals surface area (Å²) in [6, 6.07) is 15.7. The van der Waals surface area contributed by atoms with Gasteiger partial charge in [-0.2, -0.15) is 10.1 Å². The molecule has 0 saturated heterocycles. The molecule has 5 aromatic rings. The van der Waals surface area contributed by atoms with Crippen molar-refractivity contribution in [2.24, 2.45) is 0 Å². The lowest BCUT2D eigenvalue weighted by Gasteiger charge is -2.37. The van der Waals surface area contributed by atoms with Gasteiger partial charge in [0, 0.05) is 23.6 Å². The standard InChI is InChI=1S/C31H34N6O5/c1-4-7-26-25(28(38)36(29-32-18-33-37(26)29)21-15-22(16-21)41-17-31(2,3)40)14-19-10-12-20(13-11-19)23-8-5-6-9-24(23)27-34-30(39)42-35-27/h5-6,8-13,18,21-22,40H,4,7,14-17H2,1-3H3,(H,34,35,39). The first kappa shape index (κ1) is 27.8. The molecule has 11 nitrogen and oxygen atoms in total. The van der Waals surface area contributed by atoms with Crippen molar-refractivity contribution in [2.45, 2.75) is 70.6 Å². The van der Waals surface area contributed by atoms with Crippen molar-refractivity contribution in [2.75, 3.05) is 6.61 Å². The zero-order chi connectivity index (χ0) is 29.4. The number of hydrogen-bond donors (Lipinski definition) is 2. The zero-order valence-electron chi connectivity index (χ0n) is 23.9. The maximum atomic E-state index is 14.1. The van der Waals surface area contributed by atoms with Crippen LogP contribution in [0.25, 0.3) is 28.3 Å². The highest BCUT2D eigenvalue weighted by Gasteiger charge is 2.35. The topological polar surface area (TPSA) is 141 Å². The molecule has 0 bridgehead atoms. The molecule has 3 heterocycles. The number of aryl methyl sites for hydroxylation is 1. The lowest BCUT2D eigenvalue weighted by molar-refractivity contribution is -0.0894. The van der Waals surface area contributed by atoms with Crippen molar-refractivity contribution in [1.82, 2.24) is 29.3 Å². The normalized spacial score (nSPS) is 17.0. The number of aromatic nitrogens is 6. The minimum absolute atomic E-state index is 0.0134. The molecule has 1 aliphatic carbocycles. The Balaban J connectivity index is 1.31. The average Bonchev–Trinajstić information content (AvgIpc) is 3.60. The Morgan fingerprint density at radius 3 is 2.50 bits per heavy atom. The number of H-pyrrole nitrogens is 1. The highest BCUT2D eigenvalue weighted by Crippen LogP contribution is 2.35. The van der Waals surface area contributed by atoms with Gasteiger partial charge < -0.3 is 9.84 Å². The summed E-state index contributed by atoms with van der Waals surface area (Å²) < 4.78 is 14.2. The summed E-state index contributed by atoms with van der Waals surface area (Å²) in [5.74, 6) is 0.317. The minimum atomic E-state index is -0.899. The number of aromatic amines is 1. The summed E-state index contributed by atoms with van der Waals surface area (Å²) in [5, 5.41) is 18.4. The molecule has 0 radical (unpaired) electrons. The molecule has 0 amide bonds. The van der Waals surface area contributed by atoms with Crippen LogP contribution in [-0.2, 0) is 17.6 Å². The van der Waals surface area contributed by atoms with Crippen LogP contribution in [0.15, 0.2) is 69.0 Å². The molecule has 1 fully saturated rings. The third kappa shape index (κ3) is 5.45. The summed E-state index contributed by atoms with van der Waals surface area (Å²) in [6.45, 7) is 5.77. The highest BCUT2D eigenvalue weighted by atomic mass is 16.5. The Kier molecular flexibility index (Phi) is 7.38. The maximum absolute atomic E-state index is 14.1. The first-order chi connectivity index (χ1) is 20.2. The molecule has 2 N–H and O–H groups in total. The van der Waals surface area contributed by atoms with E-state index in [4.69, 9.17) is 9.26 Å². The summed E-state index contributed by atoms with van der Waals surface area (Å²) in [7, 11) is 0. The summed E-state index contributed by atoms with van der Waals surface area (Å²) in [4.78, 5) is 32.7. The van der Waals surface area contributed by atoms with E-state index in [1.54, 1.807) is 18.4 Å². The number of ether oxygens (including phenoxy) is 1. The van der Waals surface area contributed by atoms with Crippen LogP contribution in [0.1, 0.15) is 62.9 Å². The summed E-state index contributed by atoms with van der Waals surface area (Å²) >= 11 is 0. The van der Waals surface area contributed by atoms with Gasteiger partial charge in [-0.1, -0.05) is 67.0 Å². The fraction of sp³-hybridized carbons (Fsp3) is 0.387. The molecule has 218 valence electrons. The van der Waals surface area contributed by atoms with Gasteiger partial charge in [0.15, 0.2) is 5.82 Å². The van der Waals surface area contributed by atoms with Crippen LogP contribution in [0.3, 0.4) is 0 Å². The monoisotopic (exact) mass is 570 g/mol. The highest BCUT2D eigenvalue weighted by molar-refractivity contribution is 5.80. The van der Waals surface area contributed by atoms with E-state index in [9.17, 15) is 14.7 Å². The van der Waals surface area contributed by atoms with Gasteiger partial charge in [0.25, 0.3) is 5.56 Å². The van der Waals surface area contributed by atoms with E-state index < -0.39 is 11.4 Å². The van der Waals surface area contributed by atoms with Gasteiger partial charge in [-0.25, -0.2) is 9.31 Å². The molecule has 6 rings (SSSR count). The number of hydrogen-bond acceptors (Lipinski definition) is 8. The number of aliphatic hydroxyl groups is 1. The molecular weight excluding hydrogens is 536 g/mol. The van der Waals surface area contributed by atoms with Crippen molar-refractivity contribution >= 4 is 5.78 Å². The molecule has 0 aliphatic heterocycles. The van der Waals surface area contributed by atoms with Crippen LogP contribution in [0.5, 0.6) is 0 Å². The molecule has 1 aliphatic rings. The Morgan fingerprint density at radius 1 is 1.10 bits per heavy atom. The van der Waals surface area contributed by atoms with Crippen LogP contribution in [0.2, 0.25) is 0 Å². The summed E-state index contributed by atoms with van der Waals surface area (Å²) in [6.07, 6.45) is 4.86. The number of rotatable bonds is 10. The second-order valence-electron chi connectivity index (χ2n) is 11.6. The van der Waals surface area contributed by atoms with Crippen LogP contribution in [0, 0.1) is 0 Å². The fourth-order valence-corrected chi connectivity index (χ4v) is 5.58. The average molecular weight is 571 g/mol. The lowest BCUT2D eigenvalue weighted by atomic mass is 9.88. The minimum Gasteiger partial charge on any atom is -0.388 e. The molecule has 3 aromatic heterocycles. The van der Waals surface area contributed by atoms with E-state index >= 15 is 0 Å². The van der Waals surface area contributed by atoms with E-state index in [0.717, 1.165) is 34.4 Å². The molecule has 0 atom stereocenters. The first-order valence-corrected chi connectivity index (χ1v) is 14.3.